The monoisotopic (exact) mass is 250 g/mol. The number of aliphatic hydroxyl groups excluding tert-OH is 1. The van der Waals surface area contributed by atoms with Crippen molar-refractivity contribution in [1.29, 1.82) is 0 Å². The predicted molar refractivity (Wildman–Crippen MR) is 68.9 cm³/mol. The largest absolute Gasteiger partial charge is 0.396 e. The van der Waals surface area contributed by atoms with Crippen LogP contribution in [0.3, 0.4) is 0 Å². The Kier molecular flexibility index (Phi) is 5.87. The number of carbonyl (C=O) groups excluding carboxylic acids is 2. The fourth-order valence-electron chi connectivity index (χ4n) is 1.44. The first-order chi connectivity index (χ1) is 8.61. The summed E-state index contributed by atoms with van der Waals surface area (Å²) in [5, 5.41) is 14.0. The SMILES string of the molecule is CC(=O)Nc1ccc(CNC(=O)CCCO)cc1. The van der Waals surface area contributed by atoms with Crippen molar-refractivity contribution < 1.29 is 14.7 Å². The van der Waals surface area contributed by atoms with Gasteiger partial charge >= 0.3 is 0 Å². The van der Waals surface area contributed by atoms with Gasteiger partial charge in [-0.1, -0.05) is 12.1 Å². The van der Waals surface area contributed by atoms with Crippen LogP contribution in [0.25, 0.3) is 0 Å². The lowest BCUT2D eigenvalue weighted by Crippen LogP contribution is -2.22. The summed E-state index contributed by atoms with van der Waals surface area (Å²) >= 11 is 0. The minimum atomic E-state index is -0.111. The standard InChI is InChI=1S/C13H18N2O3/c1-10(17)15-12-6-4-11(5-7-12)9-14-13(18)3-2-8-16/h4-7,16H,2-3,8-9H2,1H3,(H,14,18)(H,15,17). The van der Waals surface area contributed by atoms with Gasteiger partial charge in [0.2, 0.25) is 11.8 Å². The molecule has 5 heteroatoms. The highest BCUT2D eigenvalue weighted by Gasteiger charge is 2.01. The number of nitrogens with one attached hydrogen (secondary N) is 2. The number of hydrogen-bond acceptors (Lipinski definition) is 3. The number of amides is 2. The van der Waals surface area contributed by atoms with Gasteiger partial charge in [0.15, 0.2) is 0 Å². The normalized spacial score (nSPS) is 9.89. The van der Waals surface area contributed by atoms with Crippen LogP contribution in [0.1, 0.15) is 25.3 Å². The number of benzene rings is 1. The van der Waals surface area contributed by atoms with Crippen molar-refractivity contribution >= 4 is 17.5 Å². The van der Waals surface area contributed by atoms with Gasteiger partial charge in [0.05, 0.1) is 0 Å². The van der Waals surface area contributed by atoms with E-state index in [1.54, 1.807) is 12.1 Å². The summed E-state index contributed by atoms with van der Waals surface area (Å²) in [4.78, 5) is 22.1. The van der Waals surface area contributed by atoms with Crippen LogP contribution >= 0.6 is 0 Å². The summed E-state index contributed by atoms with van der Waals surface area (Å²) in [6.07, 6.45) is 0.813. The minimum Gasteiger partial charge on any atom is -0.396 e. The molecule has 0 heterocycles. The van der Waals surface area contributed by atoms with Crippen LogP contribution in [-0.2, 0) is 16.1 Å². The van der Waals surface area contributed by atoms with E-state index in [1.807, 2.05) is 12.1 Å². The lowest BCUT2D eigenvalue weighted by atomic mass is 10.2. The summed E-state index contributed by atoms with van der Waals surface area (Å²) in [7, 11) is 0. The summed E-state index contributed by atoms with van der Waals surface area (Å²) < 4.78 is 0. The molecule has 0 atom stereocenters. The van der Waals surface area contributed by atoms with E-state index < -0.39 is 0 Å². The number of anilines is 1. The van der Waals surface area contributed by atoms with Gasteiger partial charge < -0.3 is 15.7 Å². The number of rotatable bonds is 6. The molecule has 0 unspecified atom stereocenters. The highest BCUT2D eigenvalue weighted by Crippen LogP contribution is 2.09. The summed E-state index contributed by atoms with van der Waals surface area (Å²) in [6.45, 7) is 1.93. The molecule has 0 fully saturated rings. The Hall–Kier alpha value is -1.88. The maximum Gasteiger partial charge on any atom is 0.221 e. The molecule has 5 nitrogen and oxygen atoms in total. The fourth-order valence-corrected chi connectivity index (χ4v) is 1.44. The third-order valence-electron chi connectivity index (χ3n) is 2.33. The Balaban J connectivity index is 2.39. The van der Waals surface area contributed by atoms with Crippen molar-refractivity contribution in [2.75, 3.05) is 11.9 Å². The molecular formula is C13H18N2O3. The van der Waals surface area contributed by atoms with E-state index in [4.69, 9.17) is 5.11 Å². The van der Waals surface area contributed by atoms with E-state index in [-0.39, 0.29) is 18.4 Å². The van der Waals surface area contributed by atoms with Gasteiger partial charge in [-0.15, -0.1) is 0 Å². The first-order valence-electron chi connectivity index (χ1n) is 5.86. The van der Waals surface area contributed by atoms with Gasteiger partial charge in [0, 0.05) is 32.2 Å². The van der Waals surface area contributed by atoms with Crippen molar-refractivity contribution in [2.24, 2.45) is 0 Å². The topological polar surface area (TPSA) is 78.4 Å². The Morgan fingerprint density at radius 2 is 1.89 bits per heavy atom. The summed E-state index contributed by atoms with van der Waals surface area (Å²) in [6, 6.07) is 7.27. The maximum absolute atomic E-state index is 11.3. The Labute approximate surface area is 106 Å². The van der Waals surface area contributed by atoms with Gasteiger partial charge in [-0.05, 0) is 24.1 Å². The quantitative estimate of drug-likeness (QED) is 0.705. The molecule has 0 bridgehead atoms. The molecule has 0 aliphatic heterocycles. The molecule has 2 amide bonds. The van der Waals surface area contributed by atoms with E-state index in [0.717, 1.165) is 11.3 Å². The average Bonchev–Trinajstić information content (AvgIpc) is 2.35. The Morgan fingerprint density at radius 1 is 1.22 bits per heavy atom. The molecule has 18 heavy (non-hydrogen) atoms. The zero-order valence-electron chi connectivity index (χ0n) is 10.4. The van der Waals surface area contributed by atoms with Gasteiger partial charge in [0.25, 0.3) is 0 Å². The molecule has 98 valence electrons. The lowest BCUT2D eigenvalue weighted by molar-refractivity contribution is -0.121. The van der Waals surface area contributed by atoms with E-state index in [1.165, 1.54) is 6.92 Å². The van der Waals surface area contributed by atoms with E-state index in [0.29, 0.717) is 19.4 Å². The number of hydrogen-bond donors (Lipinski definition) is 3. The lowest BCUT2D eigenvalue weighted by Gasteiger charge is -2.06. The maximum atomic E-state index is 11.3. The number of carbonyl (C=O) groups is 2. The van der Waals surface area contributed by atoms with Crippen LogP contribution in [0, 0.1) is 0 Å². The van der Waals surface area contributed by atoms with Crippen LogP contribution in [0.15, 0.2) is 24.3 Å². The average molecular weight is 250 g/mol. The second kappa shape index (κ2) is 7.45. The molecule has 3 N–H and O–H groups in total. The highest BCUT2D eigenvalue weighted by atomic mass is 16.3. The van der Waals surface area contributed by atoms with Crippen molar-refractivity contribution in [3.05, 3.63) is 29.8 Å². The third-order valence-corrected chi connectivity index (χ3v) is 2.33. The molecule has 1 rings (SSSR count). The molecule has 0 saturated heterocycles. The Bertz CT molecular complexity index is 401. The third kappa shape index (κ3) is 5.45. The molecule has 1 aromatic carbocycles. The first kappa shape index (κ1) is 14.2. The van der Waals surface area contributed by atoms with E-state index in [9.17, 15) is 9.59 Å². The zero-order chi connectivity index (χ0) is 13.4. The summed E-state index contributed by atoms with van der Waals surface area (Å²) in [5.74, 6) is -0.185. The van der Waals surface area contributed by atoms with E-state index in [2.05, 4.69) is 10.6 Å². The Morgan fingerprint density at radius 3 is 2.44 bits per heavy atom. The van der Waals surface area contributed by atoms with Crippen LogP contribution < -0.4 is 10.6 Å². The van der Waals surface area contributed by atoms with Crippen LogP contribution in [0.2, 0.25) is 0 Å². The van der Waals surface area contributed by atoms with Gasteiger partial charge in [0.1, 0.15) is 0 Å². The van der Waals surface area contributed by atoms with Crippen LogP contribution in [-0.4, -0.2) is 23.5 Å². The second-order valence-electron chi connectivity index (χ2n) is 3.98. The van der Waals surface area contributed by atoms with Crippen molar-refractivity contribution in [2.45, 2.75) is 26.3 Å². The molecule has 0 spiro atoms. The fraction of sp³-hybridized carbons (Fsp3) is 0.385. The molecule has 0 radical (unpaired) electrons. The van der Waals surface area contributed by atoms with Crippen molar-refractivity contribution in [3.63, 3.8) is 0 Å². The smallest absolute Gasteiger partial charge is 0.221 e. The predicted octanol–water partition coefficient (Wildman–Crippen LogP) is 1.03. The van der Waals surface area contributed by atoms with Gasteiger partial charge in [-0.2, -0.15) is 0 Å². The van der Waals surface area contributed by atoms with Crippen LogP contribution in [0.4, 0.5) is 5.69 Å². The van der Waals surface area contributed by atoms with Crippen LogP contribution in [0.5, 0.6) is 0 Å². The molecule has 0 aromatic heterocycles. The van der Waals surface area contributed by atoms with Gasteiger partial charge in [-0.25, -0.2) is 0 Å². The molecular weight excluding hydrogens is 232 g/mol. The second-order valence-corrected chi connectivity index (χ2v) is 3.98. The molecule has 0 aliphatic carbocycles. The molecule has 1 aromatic rings. The summed E-state index contributed by atoms with van der Waals surface area (Å²) in [5.41, 5.74) is 1.69. The van der Waals surface area contributed by atoms with E-state index >= 15 is 0 Å². The van der Waals surface area contributed by atoms with Crippen molar-refractivity contribution in [3.8, 4) is 0 Å². The van der Waals surface area contributed by atoms with Gasteiger partial charge in [-0.3, -0.25) is 9.59 Å². The first-order valence-corrected chi connectivity index (χ1v) is 5.86. The zero-order valence-corrected chi connectivity index (χ0v) is 10.4. The van der Waals surface area contributed by atoms with Crippen molar-refractivity contribution in [1.82, 2.24) is 5.32 Å². The number of aliphatic hydroxyl groups is 1. The highest BCUT2D eigenvalue weighted by molar-refractivity contribution is 5.88. The minimum absolute atomic E-state index is 0.0266. The molecule has 0 saturated carbocycles. The molecule has 0 aliphatic rings.